The van der Waals surface area contributed by atoms with Crippen LogP contribution in [-0.4, -0.2) is 57.1 Å². The van der Waals surface area contributed by atoms with Crippen molar-refractivity contribution >= 4 is 28.6 Å². The van der Waals surface area contributed by atoms with E-state index in [0.29, 0.717) is 6.54 Å². The highest BCUT2D eigenvalue weighted by Gasteiger charge is 2.36. The van der Waals surface area contributed by atoms with E-state index in [2.05, 4.69) is 61.0 Å². The maximum atomic E-state index is 13.3. The van der Waals surface area contributed by atoms with Crippen LogP contribution in [0.15, 0.2) is 60.8 Å². The van der Waals surface area contributed by atoms with Gasteiger partial charge in [0.25, 0.3) is 0 Å². The van der Waals surface area contributed by atoms with Crippen molar-refractivity contribution in [3.63, 3.8) is 0 Å². The average Bonchev–Trinajstić information content (AvgIpc) is 3.19. The lowest BCUT2D eigenvalue weighted by molar-refractivity contribution is -0.125. The Morgan fingerprint density at radius 1 is 1.08 bits per heavy atom. The average molecular weight is 499 g/mol. The van der Waals surface area contributed by atoms with Gasteiger partial charge in [-0.15, -0.1) is 0 Å². The zero-order chi connectivity index (χ0) is 26.3. The van der Waals surface area contributed by atoms with E-state index in [-0.39, 0.29) is 30.6 Å². The number of amides is 2. The van der Waals surface area contributed by atoms with Crippen LogP contribution in [0.3, 0.4) is 0 Å². The number of hydrogen-bond acceptors (Lipinski definition) is 4. The van der Waals surface area contributed by atoms with Crippen LogP contribution in [0.1, 0.15) is 43.0 Å². The molecular formula is C30H34N4O3. The van der Waals surface area contributed by atoms with Gasteiger partial charge in [0.2, 0.25) is 5.91 Å². The molecule has 7 nitrogen and oxygen atoms in total. The Labute approximate surface area is 218 Å². The molecule has 0 fully saturated rings. The number of anilines is 1. The molecule has 1 unspecified atom stereocenters. The number of hydrogen-bond donors (Lipinski definition) is 1. The summed E-state index contributed by atoms with van der Waals surface area (Å²) in [5.74, 6) is 0.631. The lowest BCUT2D eigenvalue weighted by Gasteiger charge is -2.41. The maximum Gasteiger partial charge on any atom is 0.407 e. The van der Waals surface area contributed by atoms with Gasteiger partial charge in [-0.05, 0) is 67.1 Å². The summed E-state index contributed by atoms with van der Waals surface area (Å²) < 4.78 is 0. The Bertz CT molecular complexity index is 1380. The molecule has 0 radical (unpaired) electrons. The Hall–Kier alpha value is -3.87. The SMILES string of the molecule is CN(Cc1ccc2c3c(cccc13)CC2)C(=O)/C=C/C1CN(C(=O)O)Cc2cccnc2N1C(C)(C)C. The van der Waals surface area contributed by atoms with Crippen LogP contribution in [-0.2, 0) is 30.7 Å². The molecule has 1 atom stereocenters. The van der Waals surface area contributed by atoms with E-state index in [9.17, 15) is 14.7 Å². The summed E-state index contributed by atoms with van der Waals surface area (Å²) in [7, 11) is 1.81. The predicted octanol–water partition coefficient (Wildman–Crippen LogP) is 5.02. The van der Waals surface area contributed by atoms with Gasteiger partial charge in [0.05, 0.1) is 12.6 Å². The summed E-state index contributed by atoms with van der Waals surface area (Å²) in [6, 6.07) is 14.2. The van der Waals surface area contributed by atoms with Crippen LogP contribution in [0.25, 0.3) is 10.8 Å². The summed E-state index contributed by atoms with van der Waals surface area (Å²) in [6.45, 7) is 7.23. The van der Waals surface area contributed by atoms with Gasteiger partial charge in [-0.1, -0.05) is 42.5 Å². The van der Waals surface area contributed by atoms with Crippen molar-refractivity contribution in [1.29, 1.82) is 0 Å². The minimum Gasteiger partial charge on any atom is -0.465 e. The van der Waals surface area contributed by atoms with Crippen molar-refractivity contribution in [3.8, 4) is 0 Å². The van der Waals surface area contributed by atoms with Crippen molar-refractivity contribution in [2.75, 3.05) is 18.5 Å². The smallest absolute Gasteiger partial charge is 0.407 e. The fourth-order valence-corrected chi connectivity index (χ4v) is 5.71. The molecule has 1 N–H and O–H groups in total. The van der Waals surface area contributed by atoms with E-state index in [0.717, 1.165) is 29.8 Å². The molecule has 0 spiro atoms. The zero-order valence-corrected chi connectivity index (χ0v) is 21.9. The monoisotopic (exact) mass is 498 g/mol. The first-order valence-corrected chi connectivity index (χ1v) is 12.8. The molecule has 37 heavy (non-hydrogen) atoms. The second-order valence-electron chi connectivity index (χ2n) is 11.0. The lowest BCUT2D eigenvalue weighted by atomic mass is 9.99. The third-order valence-corrected chi connectivity index (χ3v) is 7.40. The molecule has 7 heteroatoms. The maximum absolute atomic E-state index is 13.3. The number of rotatable bonds is 4. The Morgan fingerprint density at radius 2 is 1.81 bits per heavy atom. The molecule has 1 aromatic heterocycles. The Morgan fingerprint density at radius 3 is 2.54 bits per heavy atom. The molecule has 2 heterocycles. The highest BCUT2D eigenvalue weighted by atomic mass is 16.4. The number of aryl methyl sites for hydroxylation is 2. The minimum atomic E-state index is -0.987. The number of fused-ring (bicyclic) bond motifs is 1. The van der Waals surface area contributed by atoms with E-state index < -0.39 is 6.09 Å². The first-order valence-electron chi connectivity index (χ1n) is 12.8. The number of benzene rings is 2. The molecule has 3 aromatic rings. The number of nitrogens with zero attached hydrogens (tertiary/aromatic N) is 4. The summed E-state index contributed by atoms with van der Waals surface area (Å²) in [5, 5.41) is 12.4. The number of aromatic nitrogens is 1. The van der Waals surface area contributed by atoms with Crippen molar-refractivity contribution in [2.45, 2.75) is 58.3 Å². The molecule has 0 saturated carbocycles. The van der Waals surface area contributed by atoms with Gasteiger partial charge in [0, 0.05) is 43.5 Å². The van der Waals surface area contributed by atoms with Crippen LogP contribution in [0.4, 0.5) is 10.6 Å². The van der Waals surface area contributed by atoms with Crippen molar-refractivity contribution in [3.05, 3.63) is 83.1 Å². The van der Waals surface area contributed by atoms with Crippen LogP contribution in [0.2, 0.25) is 0 Å². The third kappa shape index (κ3) is 4.78. The molecule has 2 aromatic carbocycles. The van der Waals surface area contributed by atoms with Gasteiger partial charge in [-0.25, -0.2) is 9.78 Å². The molecule has 192 valence electrons. The van der Waals surface area contributed by atoms with E-state index >= 15 is 0 Å². The predicted molar refractivity (Wildman–Crippen MR) is 146 cm³/mol. The fourth-order valence-electron chi connectivity index (χ4n) is 5.71. The van der Waals surface area contributed by atoms with E-state index in [1.54, 1.807) is 17.2 Å². The van der Waals surface area contributed by atoms with E-state index in [1.807, 2.05) is 25.3 Å². The minimum absolute atomic E-state index is 0.121. The zero-order valence-electron chi connectivity index (χ0n) is 21.9. The molecule has 2 aliphatic rings. The van der Waals surface area contributed by atoms with Crippen LogP contribution >= 0.6 is 0 Å². The number of carbonyl (C=O) groups is 2. The van der Waals surface area contributed by atoms with Crippen molar-refractivity contribution in [2.24, 2.45) is 0 Å². The summed E-state index contributed by atoms with van der Waals surface area (Å²) in [4.78, 5) is 35.1. The van der Waals surface area contributed by atoms with Gasteiger partial charge >= 0.3 is 6.09 Å². The van der Waals surface area contributed by atoms with E-state index in [1.165, 1.54) is 26.8 Å². The van der Waals surface area contributed by atoms with Gasteiger partial charge in [-0.3, -0.25) is 4.79 Å². The third-order valence-electron chi connectivity index (χ3n) is 7.40. The molecule has 2 amide bonds. The fraction of sp³-hybridized carbons (Fsp3) is 0.367. The first kappa shape index (κ1) is 24.8. The largest absolute Gasteiger partial charge is 0.465 e. The molecule has 0 saturated heterocycles. The summed E-state index contributed by atoms with van der Waals surface area (Å²) >= 11 is 0. The molecule has 5 rings (SSSR count). The Balaban J connectivity index is 1.41. The normalized spacial score (nSPS) is 17.2. The van der Waals surface area contributed by atoms with E-state index in [4.69, 9.17) is 0 Å². The van der Waals surface area contributed by atoms with Gasteiger partial charge < -0.3 is 19.8 Å². The number of likely N-dealkylation sites (N-methyl/N-ethyl adjacent to an activating group) is 1. The highest BCUT2D eigenvalue weighted by Crippen LogP contribution is 2.34. The lowest BCUT2D eigenvalue weighted by Crippen LogP contribution is -2.51. The number of carbonyl (C=O) groups excluding carboxylic acids is 1. The molecular weight excluding hydrogens is 464 g/mol. The molecule has 1 aliphatic heterocycles. The second-order valence-corrected chi connectivity index (χ2v) is 11.0. The topological polar surface area (TPSA) is 77.0 Å². The van der Waals surface area contributed by atoms with Crippen molar-refractivity contribution < 1.29 is 14.7 Å². The quantitative estimate of drug-likeness (QED) is 0.512. The van der Waals surface area contributed by atoms with Gasteiger partial charge in [0.1, 0.15) is 5.82 Å². The second kappa shape index (κ2) is 9.54. The molecule has 1 aliphatic carbocycles. The standard InChI is InChI=1S/C30H34N4O3/c1-30(2,3)34-24(19-33(29(36)37)18-23-8-6-16-31-28(23)34)14-15-26(35)32(4)17-22-13-12-21-11-10-20-7-5-9-25(22)27(20)21/h5-9,12-16,24H,10-11,17-19H2,1-4H3,(H,36,37)/b15-14+. The van der Waals surface area contributed by atoms with Gasteiger partial charge in [0.15, 0.2) is 0 Å². The van der Waals surface area contributed by atoms with Crippen LogP contribution < -0.4 is 4.90 Å². The van der Waals surface area contributed by atoms with Crippen LogP contribution in [0, 0.1) is 0 Å². The highest BCUT2D eigenvalue weighted by molar-refractivity contribution is 5.94. The van der Waals surface area contributed by atoms with Crippen LogP contribution in [0.5, 0.6) is 0 Å². The van der Waals surface area contributed by atoms with Crippen molar-refractivity contribution in [1.82, 2.24) is 14.8 Å². The molecule has 0 bridgehead atoms. The number of carboxylic acid groups (broad SMARTS) is 1. The first-order chi connectivity index (χ1) is 17.6. The Kier molecular flexibility index (Phi) is 6.40. The summed E-state index contributed by atoms with van der Waals surface area (Å²) in [6.07, 6.45) is 6.30. The number of pyridine rings is 1. The summed E-state index contributed by atoms with van der Waals surface area (Å²) in [5.41, 5.74) is 4.41. The van der Waals surface area contributed by atoms with Gasteiger partial charge in [-0.2, -0.15) is 0 Å².